The molecule has 0 spiro atoms. The van der Waals surface area contributed by atoms with E-state index < -0.39 is 27.7 Å². The zero-order valence-electron chi connectivity index (χ0n) is 17.6. The van der Waals surface area contributed by atoms with E-state index in [2.05, 4.69) is 9.71 Å². The molecule has 1 aliphatic rings. The lowest BCUT2D eigenvalue weighted by molar-refractivity contribution is -0.138. The number of rotatable bonds is 7. The summed E-state index contributed by atoms with van der Waals surface area (Å²) in [4.78, 5) is 20.3. The Bertz CT molecular complexity index is 1050. The molecule has 11 heteroatoms. The summed E-state index contributed by atoms with van der Waals surface area (Å²) in [6.07, 6.45) is -3.31. The van der Waals surface area contributed by atoms with Gasteiger partial charge in [-0.05, 0) is 30.7 Å². The molecule has 0 saturated carbocycles. The molecule has 1 N–H and O–H groups in total. The fourth-order valence-corrected chi connectivity index (χ4v) is 4.63. The first kappa shape index (κ1) is 23.8. The molecule has 0 atom stereocenters. The van der Waals surface area contributed by atoms with Crippen molar-refractivity contribution in [3.05, 3.63) is 53.6 Å². The van der Waals surface area contributed by atoms with E-state index >= 15 is 0 Å². The van der Waals surface area contributed by atoms with Crippen molar-refractivity contribution in [1.82, 2.24) is 9.88 Å². The molecule has 1 amide bonds. The van der Waals surface area contributed by atoms with Crippen LogP contribution in [0.2, 0.25) is 0 Å². The Kier molecular flexibility index (Phi) is 7.27. The van der Waals surface area contributed by atoms with Crippen LogP contribution in [-0.4, -0.2) is 56.1 Å². The molecular formula is C21H25F3N4O3S. The topological polar surface area (TPSA) is 82.6 Å². The van der Waals surface area contributed by atoms with Gasteiger partial charge in [-0.3, -0.25) is 9.52 Å². The number of benzene rings is 1. The van der Waals surface area contributed by atoms with Crippen molar-refractivity contribution < 1.29 is 26.4 Å². The maximum Gasteiger partial charge on any atom is 0.417 e. The maximum atomic E-state index is 13.2. The summed E-state index contributed by atoms with van der Waals surface area (Å²) in [6.45, 7) is 3.07. The van der Waals surface area contributed by atoms with E-state index in [1.807, 2.05) is 11.8 Å². The average Bonchev–Trinajstić information content (AvgIpc) is 2.77. The number of aromatic nitrogens is 1. The van der Waals surface area contributed by atoms with Gasteiger partial charge in [0.25, 0.3) is 5.91 Å². The number of unbranched alkanes of at least 4 members (excludes halogenated alkanes) is 1. The highest BCUT2D eigenvalue weighted by Crippen LogP contribution is 2.32. The number of nitrogens with one attached hydrogen (secondary N) is 1. The fraction of sp³-hybridized carbons (Fsp3) is 0.429. The van der Waals surface area contributed by atoms with E-state index in [4.69, 9.17) is 0 Å². The summed E-state index contributed by atoms with van der Waals surface area (Å²) in [5, 5.41) is 0. The summed E-state index contributed by atoms with van der Waals surface area (Å²) in [6, 6.07) is 9.72. The first-order valence-corrected chi connectivity index (χ1v) is 11.9. The van der Waals surface area contributed by atoms with Crippen molar-refractivity contribution in [3.8, 4) is 0 Å². The van der Waals surface area contributed by atoms with Crippen molar-refractivity contribution >= 4 is 27.6 Å². The predicted octanol–water partition coefficient (Wildman–Crippen LogP) is 3.60. The van der Waals surface area contributed by atoms with E-state index in [0.717, 1.165) is 12.5 Å². The maximum absolute atomic E-state index is 13.2. The quantitative estimate of drug-likeness (QED) is 0.669. The first-order valence-electron chi connectivity index (χ1n) is 10.3. The number of sulfonamides is 1. The minimum atomic E-state index is -4.61. The van der Waals surface area contributed by atoms with E-state index in [9.17, 15) is 26.4 Å². The van der Waals surface area contributed by atoms with Gasteiger partial charge in [0, 0.05) is 26.2 Å². The van der Waals surface area contributed by atoms with E-state index in [1.165, 1.54) is 23.1 Å². The van der Waals surface area contributed by atoms with Crippen LogP contribution in [0.25, 0.3) is 0 Å². The molecule has 0 bridgehead atoms. The van der Waals surface area contributed by atoms with Gasteiger partial charge in [-0.25, -0.2) is 13.4 Å². The monoisotopic (exact) mass is 470 g/mol. The van der Waals surface area contributed by atoms with Crippen LogP contribution in [0, 0.1) is 0 Å². The number of anilines is 2. The van der Waals surface area contributed by atoms with Gasteiger partial charge >= 0.3 is 6.18 Å². The van der Waals surface area contributed by atoms with Crippen molar-refractivity contribution in [2.24, 2.45) is 0 Å². The summed E-state index contributed by atoms with van der Waals surface area (Å²) in [7, 11) is -3.49. The second-order valence-corrected chi connectivity index (χ2v) is 9.32. The van der Waals surface area contributed by atoms with Crippen LogP contribution in [0.5, 0.6) is 0 Å². The third kappa shape index (κ3) is 5.90. The third-order valence-electron chi connectivity index (χ3n) is 5.11. The molecule has 0 radical (unpaired) electrons. The van der Waals surface area contributed by atoms with Crippen LogP contribution in [0.4, 0.5) is 24.8 Å². The van der Waals surface area contributed by atoms with Gasteiger partial charge in [0.15, 0.2) is 0 Å². The van der Waals surface area contributed by atoms with Crippen molar-refractivity contribution in [2.75, 3.05) is 41.6 Å². The third-order valence-corrected chi connectivity index (χ3v) is 6.46. The van der Waals surface area contributed by atoms with Crippen LogP contribution in [-0.2, 0) is 16.2 Å². The highest BCUT2D eigenvalue weighted by atomic mass is 32.2. The van der Waals surface area contributed by atoms with Crippen molar-refractivity contribution in [1.29, 1.82) is 0 Å². The number of halogens is 3. The Morgan fingerprint density at radius 1 is 1.06 bits per heavy atom. The number of pyridine rings is 1. The lowest BCUT2D eigenvalue weighted by Crippen LogP contribution is -2.49. The average molecular weight is 471 g/mol. The molecule has 1 aromatic carbocycles. The Balaban J connectivity index is 1.66. The van der Waals surface area contributed by atoms with E-state index in [-0.39, 0.29) is 30.2 Å². The van der Waals surface area contributed by atoms with E-state index in [0.29, 0.717) is 25.3 Å². The Morgan fingerprint density at radius 2 is 1.75 bits per heavy atom. The van der Waals surface area contributed by atoms with Crippen LogP contribution in [0.1, 0.15) is 35.7 Å². The molecule has 0 aliphatic carbocycles. The highest BCUT2D eigenvalue weighted by Gasteiger charge is 2.36. The second kappa shape index (κ2) is 9.76. The Morgan fingerprint density at radius 3 is 2.41 bits per heavy atom. The molecule has 1 aromatic heterocycles. The van der Waals surface area contributed by atoms with Crippen LogP contribution in [0.15, 0.2) is 42.5 Å². The number of amides is 1. The van der Waals surface area contributed by atoms with Gasteiger partial charge in [-0.2, -0.15) is 13.2 Å². The molecule has 0 unspecified atom stereocenters. The fourth-order valence-electron chi connectivity index (χ4n) is 3.43. The smallest absolute Gasteiger partial charge is 0.353 e. The molecule has 1 fully saturated rings. The largest absolute Gasteiger partial charge is 0.417 e. The van der Waals surface area contributed by atoms with Crippen molar-refractivity contribution in [3.63, 3.8) is 0 Å². The minimum Gasteiger partial charge on any atom is -0.353 e. The van der Waals surface area contributed by atoms with Gasteiger partial charge in [0.1, 0.15) is 11.6 Å². The minimum absolute atomic E-state index is 0.00952. The van der Waals surface area contributed by atoms with Gasteiger partial charge in [-0.15, -0.1) is 0 Å². The summed E-state index contributed by atoms with van der Waals surface area (Å²) < 4.78 is 66.4. The standard InChI is InChI=1S/C21H25F3N4O3S/c1-2-3-15-32(30,31)26-18-9-6-10-19(25-18)27-11-13-28(14-12-27)20(29)16-7-4-5-8-17(16)21(22,23)24/h4-10H,2-3,11-15H2,1H3,(H,25,26). The van der Waals surface area contributed by atoms with E-state index in [1.54, 1.807) is 18.2 Å². The lowest BCUT2D eigenvalue weighted by Gasteiger charge is -2.35. The molecule has 3 rings (SSSR count). The Hall–Kier alpha value is -2.82. The number of piperazine rings is 1. The van der Waals surface area contributed by atoms with Gasteiger partial charge in [0.05, 0.1) is 16.9 Å². The molecule has 2 heterocycles. The summed E-state index contributed by atoms with van der Waals surface area (Å²) in [5.74, 6) is 0.0814. The molecular weight excluding hydrogens is 445 g/mol. The molecule has 174 valence electrons. The van der Waals surface area contributed by atoms with Gasteiger partial charge in [0.2, 0.25) is 10.0 Å². The van der Waals surface area contributed by atoms with Crippen LogP contribution in [0.3, 0.4) is 0 Å². The number of nitrogens with zero attached hydrogens (tertiary/aromatic N) is 3. The Labute approximate surface area is 185 Å². The van der Waals surface area contributed by atoms with Crippen LogP contribution < -0.4 is 9.62 Å². The lowest BCUT2D eigenvalue weighted by atomic mass is 10.1. The molecule has 2 aromatic rings. The zero-order valence-corrected chi connectivity index (χ0v) is 18.4. The normalized spacial score (nSPS) is 15.0. The molecule has 32 heavy (non-hydrogen) atoms. The molecule has 7 nitrogen and oxygen atoms in total. The number of carbonyl (C=O) groups excluding carboxylic acids is 1. The van der Waals surface area contributed by atoms with Crippen LogP contribution >= 0.6 is 0 Å². The number of carbonyl (C=O) groups is 1. The van der Waals surface area contributed by atoms with Gasteiger partial charge < -0.3 is 9.80 Å². The zero-order chi connectivity index (χ0) is 23.4. The van der Waals surface area contributed by atoms with Crippen molar-refractivity contribution in [2.45, 2.75) is 25.9 Å². The van der Waals surface area contributed by atoms with Gasteiger partial charge in [-0.1, -0.05) is 31.5 Å². The number of alkyl halides is 3. The SMILES string of the molecule is CCCCS(=O)(=O)Nc1cccc(N2CCN(C(=O)c3ccccc3C(F)(F)F)CC2)n1. The predicted molar refractivity (Wildman–Crippen MR) is 116 cm³/mol. The molecule has 1 aliphatic heterocycles. The highest BCUT2D eigenvalue weighted by molar-refractivity contribution is 7.92. The summed E-state index contributed by atoms with van der Waals surface area (Å²) >= 11 is 0. The first-order chi connectivity index (χ1) is 15.1. The molecule has 1 saturated heterocycles. The summed E-state index contributed by atoms with van der Waals surface area (Å²) in [5.41, 5.74) is -1.31. The number of hydrogen-bond donors (Lipinski definition) is 1. The second-order valence-electron chi connectivity index (χ2n) is 7.48. The number of hydrogen-bond acceptors (Lipinski definition) is 5.